The van der Waals surface area contributed by atoms with Crippen molar-refractivity contribution in [3.63, 3.8) is 0 Å². The Labute approximate surface area is 123 Å². The van der Waals surface area contributed by atoms with Gasteiger partial charge in [-0.2, -0.15) is 22.9 Å². The number of aromatic amines is 1. The van der Waals surface area contributed by atoms with E-state index in [4.69, 9.17) is 17.0 Å². The molecule has 2 rings (SSSR count). The fourth-order valence-electron chi connectivity index (χ4n) is 1.58. The van der Waals surface area contributed by atoms with E-state index in [1.165, 1.54) is 6.21 Å². The second kappa shape index (κ2) is 6.08. The number of benzene rings is 1. The molecule has 21 heavy (non-hydrogen) atoms. The Balaban J connectivity index is 2.39. The highest BCUT2D eigenvalue weighted by Crippen LogP contribution is 2.27. The number of hydrogen-bond donors (Lipinski definition) is 1. The maximum Gasteiger partial charge on any atom is 0.453 e. The summed E-state index contributed by atoms with van der Waals surface area (Å²) in [7, 11) is 0. The Bertz CT molecular complexity index is 705. The normalized spacial score (nSPS) is 12.0. The summed E-state index contributed by atoms with van der Waals surface area (Å²) in [5.74, 6) is -0.690. The van der Waals surface area contributed by atoms with Crippen LogP contribution in [0.1, 0.15) is 18.3 Å². The van der Waals surface area contributed by atoms with Crippen LogP contribution in [-0.4, -0.2) is 27.7 Å². The fraction of sp³-hybridized carbons (Fsp3) is 0.250. The van der Waals surface area contributed by atoms with E-state index in [-0.39, 0.29) is 4.77 Å². The molecule has 0 aliphatic heterocycles. The minimum Gasteiger partial charge on any atom is -0.493 e. The van der Waals surface area contributed by atoms with Crippen LogP contribution in [0.4, 0.5) is 13.2 Å². The van der Waals surface area contributed by atoms with Crippen molar-refractivity contribution >= 4 is 18.4 Å². The molecule has 0 aliphatic carbocycles. The maximum atomic E-state index is 12.7. The van der Waals surface area contributed by atoms with Crippen molar-refractivity contribution in [1.82, 2.24) is 14.9 Å². The molecule has 0 unspecified atom stereocenters. The largest absolute Gasteiger partial charge is 0.493 e. The van der Waals surface area contributed by atoms with Crippen molar-refractivity contribution in [2.24, 2.45) is 5.10 Å². The van der Waals surface area contributed by atoms with Crippen LogP contribution in [0.2, 0.25) is 0 Å². The third-order valence-electron chi connectivity index (χ3n) is 2.44. The van der Waals surface area contributed by atoms with E-state index in [1.54, 1.807) is 24.3 Å². The number of aromatic nitrogens is 3. The Morgan fingerprint density at radius 3 is 2.81 bits per heavy atom. The number of alkyl halides is 3. The first-order valence-electron chi connectivity index (χ1n) is 5.94. The number of halogens is 3. The number of hydrogen-bond acceptors (Lipinski definition) is 4. The van der Waals surface area contributed by atoms with Gasteiger partial charge in [0, 0.05) is 5.56 Å². The summed E-state index contributed by atoms with van der Waals surface area (Å²) < 4.78 is 43.9. The molecular weight excluding hydrogens is 305 g/mol. The van der Waals surface area contributed by atoms with E-state index in [1.807, 2.05) is 6.92 Å². The van der Waals surface area contributed by atoms with E-state index in [2.05, 4.69) is 15.3 Å². The first-order valence-corrected chi connectivity index (χ1v) is 6.35. The van der Waals surface area contributed by atoms with Crippen LogP contribution in [0, 0.1) is 4.77 Å². The summed E-state index contributed by atoms with van der Waals surface area (Å²) >= 11 is 4.74. The van der Waals surface area contributed by atoms with Crippen molar-refractivity contribution in [1.29, 1.82) is 0 Å². The Morgan fingerprint density at radius 2 is 2.14 bits per heavy atom. The van der Waals surface area contributed by atoms with Crippen molar-refractivity contribution < 1.29 is 17.9 Å². The molecule has 0 saturated heterocycles. The Morgan fingerprint density at radius 1 is 1.43 bits per heavy atom. The zero-order chi connectivity index (χ0) is 15.5. The van der Waals surface area contributed by atoms with E-state index in [9.17, 15) is 13.2 Å². The lowest BCUT2D eigenvalue weighted by Crippen LogP contribution is -2.12. The van der Waals surface area contributed by atoms with Gasteiger partial charge in [-0.25, -0.2) is 5.10 Å². The smallest absolute Gasteiger partial charge is 0.453 e. The molecule has 0 bridgehead atoms. The predicted molar refractivity (Wildman–Crippen MR) is 73.0 cm³/mol. The van der Waals surface area contributed by atoms with E-state index < -0.39 is 12.0 Å². The summed E-state index contributed by atoms with van der Waals surface area (Å²) in [4.78, 5) is 0. The van der Waals surface area contributed by atoms with Crippen LogP contribution in [0.5, 0.6) is 5.75 Å². The maximum absolute atomic E-state index is 12.7. The van der Waals surface area contributed by atoms with Gasteiger partial charge in [-0.15, -0.1) is 5.10 Å². The minimum atomic E-state index is -4.65. The van der Waals surface area contributed by atoms with Gasteiger partial charge < -0.3 is 4.74 Å². The zero-order valence-electron chi connectivity index (χ0n) is 10.9. The number of rotatable bonds is 4. The highest BCUT2D eigenvalue weighted by atomic mass is 32.1. The number of H-pyrrole nitrogens is 1. The average molecular weight is 316 g/mol. The van der Waals surface area contributed by atoms with Crippen molar-refractivity contribution in [3.8, 4) is 5.75 Å². The van der Waals surface area contributed by atoms with Crippen molar-refractivity contribution in [2.45, 2.75) is 13.1 Å². The van der Waals surface area contributed by atoms with Gasteiger partial charge in [0.25, 0.3) is 5.82 Å². The lowest BCUT2D eigenvalue weighted by atomic mass is 10.2. The summed E-state index contributed by atoms with van der Waals surface area (Å²) in [6, 6.07) is 6.85. The Kier molecular flexibility index (Phi) is 4.41. The quantitative estimate of drug-likeness (QED) is 0.696. The van der Waals surface area contributed by atoms with Crippen LogP contribution in [0.25, 0.3) is 0 Å². The minimum absolute atomic E-state index is 0.243. The van der Waals surface area contributed by atoms with Gasteiger partial charge in [-0.1, -0.05) is 12.1 Å². The average Bonchev–Trinajstić information content (AvgIpc) is 2.79. The zero-order valence-corrected chi connectivity index (χ0v) is 11.7. The molecule has 1 heterocycles. The van der Waals surface area contributed by atoms with Gasteiger partial charge in [-0.05, 0) is 31.3 Å². The molecule has 0 atom stereocenters. The number of ether oxygens (including phenoxy) is 1. The standard InChI is InChI=1S/C12H11F3N4OS/c1-2-20-9-6-4-3-5-8(9)7-16-19-10(12(13,14)15)17-18-11(19)21/h3-7H,2H2,1H3,(H,18,21)/b16-7+. The number of nitrogens with one attached hydrogen (secondary N) is 1. The first kappa shape index (κ1) is 15.2. The second-order valence-corrected chi connectivity index (χ2v) is 4.26. The van der Waals surface area contributed by atoms with E-state index in [0.717, 1.165) is 0 Å². The molecule has 0 aliphatic rings. The highest BCUT2D eigenvalue weighted by molar-refractivity contribution is 7.71. The molecule has 1 aromatic carbocycles. The SMILES string of the molecule is CCOc1ccccc1/C=N/n1c(C(F)(F)F)n[nH]c1=S. The molecular formula is C12H11F3N4OS. The van der Waals surface area contributed by atoms with Gasteiger partial charge in [0.1, 0.15) is 5.75 Å². The van der Waals surface area contributed by atoms with Crippen molar-refractivity contribution in [2.75, 3.05) is 6.61 Å². The van der Waals surface area contributed by atoms with Crippen LogP contribution >= 0.6 is 12.2 Å². The molecule has 0 amide bonds. The summed E-state index contributed by atoms with van der Waals surface area (Å²) in [6.45, 7) is 2.24. The molecule has 0 radical (unpaired) electrons. The molecule has 2 aromatic rings. The molecule has 112 valence electrons. The molecule has 1 aromatic heterocycles. The van der Waals surface area contributed by atoms with Gasteiger partial charge in [0.2, 0.25) is 4.77 Å². The summed E-state index contributed by atoms with van der Waals surface area (Å²) in [5, 5.41) is 8.94. The molecule has 5 nitrogen and oxygen atoms in total. The second-order valence-electron chi connectivity index (χ2n) is 3.88. The summed E-state index contributed by atoms with van der Waals surface area (Å²) in [5.41, 5.74) is 0.538. The first-order chi connectivity index (χ1) is 9.93. The Hall–Kier alpha value is -2.16. The van der Waals surface area contributed by atoms with E-state index >= 15 is 0 Å². The van der Waals surface area contributed by atoms with Crippen LogP contribution in [0.3, 0.4) is 0 Å². The predicted octanol–water partition coefficient (Wildman–Crippen LogP) is 3.24. The van der Waals surface area contributed by atoms with Gasteiger partial charge in [0.05, 0.1) is 12.8 Å². The third-order valence-corrected chi connectivity index (χ3v) is 2.70. The van der Waals surface area contributed by atoms with Crippen molar-refractivity contribution in [3.05, 3.63) is 40.4 Å². The monoisotopic (exact) mass is 316 g/mol. The van der Waals surface area contributed by atoms with Gasteiger partial charge >= 0.3 is 6.18 Å². The third kappa shape index (κ3) is 3.48. The molecule has 0 spiro atoms. The highest BCUT2D eigenvalue weighted by Gasteiger charge is 2.37. The molecule has 0 fully saturated rings. The molecule has 0 saturated carbocycles. The number of nitrogens with zero attached hydrogens (tertiary/aromatic N) is 3. The van der Waals surface area contributed by atoms with E-state index in [0.29, 0.717) is 22.6 Å². The van der Waals surface area contributed by atoms with Crippen LogP contribution in [-0.2, 0) is 6.18 Å². The lowest BCUT2D eigenvalue weighted by Gasteiger charge is -2.06. The molecule has 1 N–H and O–H groups in total. The fourth-order valence-corrected chi connectivity index (χ4v) is 1.76. The number of para-hydroxylation sites is 1. The topological polar surface area (TPSA) is 55.2 Å². The summed E-state index contributed by atoms with van der Waals surface area (Å²) in [6.07, 6.45) is -3.41. The van der Waals surface area contributed by atoms with Gasteiger partial charge in [0.15, 0.2) is 0 Å². The molecule has 9 heteroatoms. The lowest BCUT2D eigenvalue weighted by molar-refractivity contribution is -0.147. The van der Waals surface area contributed by atoms with Crippen LogP contribution in [0.15, 0.2) is 29.4 Å². The van der Waals surface area contributed by atoms with Crippen LogP contribution < -0.4 is 4.74 Å². The van der Waals surface area contributed by atoms with Gasteiger partial charge in [-0.3, -0.25) is 0 Å².